The topological polar surface area (TPSA) is 29.3 Å². The van der Waals surface area contributed by atoms with E-state index in [0.29, 0.717) is 10.4 Å². The van der Waals surface area contributed by atoms with Crippen LogP contribution in [0.2, 0.25) is 0 Å². The molecule has 0 atom stereocenters. The first-order valence-corrected chi connectivity index (χ1v) is 6.97. The van der Waals surface area contributed by atoms with Gasteiger partial charge in [0.2, 0.25) is 0 Å². The monoisotopic (exact) mass is 242 g/mol. The summed E-state index contributed by atoms with van der Waals surface area (Å²) in [5, 5.41) is 0. The molecular weight excluding hydrogens is 216 g/mol. The van der Waals surface area contributed by atoms with Crippen LogP contribution in [0.25, 0.3) is 0 Å². The Morgan fingerprint density at radius 1 is 1.31 bits per heavy atom. The highest BCUT2D eigenvalue weighted by Gasteiger charge is 2.27. The molecule has 0 aromatic heterocycles. The maximum absolute atomic E-state index is 5.48. The fourth-order valence-electron chi connectivity index (χ4n) is 2.30. The molecule has 0 amide bonds. The van der Waals surface area contributed by atoms with Gasteiger partial charge in [-0.15, -0.1) is 0 Å². The lowest BCUT2D eigenvalue weighted by atomic mass is 9.78. The summed E-state index contributed by atoms with van der Waals surface area (Å²) in [6, 6.07) is 0. The Balaban J connectivity index is 2.10. The number of unbranched alkanes of at least 4 members (excludes halogenated alkanes) is 1. The fourth-order valence-corrected chi connectivity index (χ4v) is 2.45. The lowest BCUT2D eigenvalue weighted by molar-refractivity contribution is 0.113. The van der Waals surface area contributed by atoms with Gasteiger partial charge >= 0.3 is 0 Å². The normalized spacial score (nSPS) is 20.9. The molecule has 1 rings (SSSR count). The van der Waals surface area contributed by atoms with Crippen molar-refractivity contribution in [3.05, 3.63) is 0 Å². The lowest BCUT2D eigenvalue weighted by Gasteiger charge is -2.39. The molecule has 94 valence electrons. The first-order chi connectivity index (χ1) is 7.56. The predicted molar refractivity (Wildman–Crippen MR) is 74.7 cm³/mol. The van der Waals surface area contributed by atoms with Crippen molar-refractivity contribution in [2.24, 2.45) is 11.1 Å². The molecule has 0 radical (unpaired) electrons. The summed E-state index contributed by atoms with van der Waals surface area (Å²) >= 11 is 4.88. The van der Waals surface area contributed by atoms with Gasteiger partial charge in [-0.25, -0.2) is 0 Å². The summed E-state index contributed by atoms with van der Waals surface area (Å²) in [6.45, 7) is 8.52. The Morgan fingerprint density at radius 3 is 2.44 bits per heavy atom. The second-order valence-corrected chi connectivity index (χ2v) is 5.95. The average Bonchev–Trinajstić information content (AvgIpc) is 2.27. The number of rotatable bonds is 6. The highest BCUT2D eigenvalue weighted by atomic mass is 32.1. The minimum atomic E-state index is 0.606. The van der Waals surface area contributed by atoms with Crippen molar-refractivity contribution in [3.8, 4) is 0 Å². The quantitative estimate of drug-likeness (QED) is 0.573. The van der Waals surface area contributed by atoms with Crippen LogP contribution in [0.5, 0.6) is 0 Å². The molecule has 1 aliphatic rings. The first-order valence-electron chi connectivity index (χ1n) is 6.56. The van der Waals surface area contributed by atoms with E-state index in [1.54, 1.807) is 0 Å². The maximum Gasteiger partial charge on any atom is 0.0727 e. The molecule has 1 saturated heterocycles. The van der Waals surface area contributed by atoms with Crippen LogP contribution in [-0.4, -0.2) is 29.5 Å². The Morgan fingerprint density at radius 2 is 1.94 bits per heavy atom. The van der Waals surface area contributed by atoms with Gasteiger partial charge in [-0.3, -0.25) is 0 Å². The molecule has 0 saturated carbocycles. The van der Waals surface area contributed by atoms with Gasteiger partial charge < -0.3 is 10.6 Å². The highest BCUT2D eigenvalue weighted by Crippen LogP contribution is 2.33. The number of piperidine rings is 1. The molecule has 3 heteroatoms. The SMILES string of the molecule is CCC1(C)CCN(CCCCC(N)=S)CC1. The third kappa shape index (κ3) is 4.79. The minimum absolute atomic E-state index is 0.606. The largest absolute Gasteiger partial charge is 0.393 e. The van der Waals surface area contributed by atoms with Crippen molar-refractivity contribution in [2.45, 2.75) is 52.4 Å². The van der Waals surface area contributed by atoms with Gasteiger partial charge in [0.05, 0.1) is 4.99 Å². The number of hydrogen-bond donors (Lipinski definition) is 1. The van der Waals surface area contributed by atoms with E-state index in [2.05, 4.69) is 18.7 Å². The Kier molecular flexibility index (Phi) is 5.70. The zero-order valence-electron chi connectivity index (χ0n) is 10.8. The lowest BCUT2D eigenvalue weighted by Crippen LogP contribution is -2.38. The summed E-state index contributed by atoms with van der Waals surface area (Å²) < 4.78 is 0. The van der Waals surface area contributed by atoms with E-state index in [1.807, 2.05) is 0 Å². The summed E-state index contributed by atoms with van der Waals surface area (Å²) in [6.07, 6.45) is 7.34. The van der Waals surface area contributed by atoms with E-state index in [4.69, 9.17) is 18.0 Å². The van der Waals surface area contributed by atoms with Crippen LogP contribution in [0, 0.1) is 5.41 Å². The summed E-state index contributed by atoms with van der Waals surface area (Å²) in [4.78, 5) is 3.26. The molecule has 0 aromatic rings. The van der Waals surface area contributed by atoms with E-state index < -0.39 is 0 Å². The second kappa shape index (κ2) is 6.55. The van der Waals surface area contributed by atoms with Crippen molar-refractivity contribution < 1.29 is 0 Å². The second-order valence-electron chi connectivity index (χ2n) is 5.43. The number of thiocarbonyl (C=S) groups is 1. The number of hydrogen-bond acceptors (Lipinski definition) is 2. The van der Waals surface area contributed by atoms with E-state index in [1.165, 1.54) is 45.3 Å². The molecular formula is C13H26N2S. The molecule has 2 N–H and O–H groups in total. The number of likely N-dealkylation sites (tertiary alicyclic amines) is 1. The van der Waals surface area contributed by atoms with Gasteiger partial charge in [0.1, 0.15) is 0 Å². The van der Waals surface area contributed by atoms with Crippen molar-refractivity contribution in [3.63, 3.8) is 0 Å². The molecule has 1 aliphatic heterocycles. The van der Waals surface area contributed by atoms with Gasteiger partial charge in [-0.1, -0.05) is 32.5 Å². The molecule has 0 aliphatic carbocycles. The molecule has 1 fully saturated rings. The van der Waals surface area contributed by atoms with Gasteiger partial charge in [0.25, 0.3) is 0 Å². The van der Waals surface area contributed by atoms with Crippen LogP contribution >= 0.6 is 12.2 Å². The summed E-state index contributed by atoms with van der Waals surface area (Å²) in [5.74, 6) is 0. The zero-order valence-corrected chi connectivity index (χ0v) is 11.6. The van der Waals surface area contributed by atoms with Gasteiger partial charge in [-0.2, -0.15) is 0 Å². The van der Waals surface area contributed by atoms with Crippen LogP contribution in [0.1, 0.15) is 52.4 Å². The third-order valence-corrected chi connectivity index (χ3v) is 4.27. The van der Waals surface area contributed by atoms with Crippen LogP contribution in [0.4, 0.5) is 0 Å². The van der Waals surface area contributed by atoms with E-state index in [0.717, 1.165) is 12.8 Å². The smallest absolute Gasteiger partial charge is 0.0727 e. The first kappa shape index (κ1) is 13.9. The van der Waals surface area contributed by atoms with Crippen molar-refractivity contribution in [1.29, 1.82) is 0 Å². The van der Waals surface area contributed by atoms with E-state index in [-0.39, 0.29) is 0 Å². The Hall–Kier alpha value is -0.150. The number of nitrogens with zero attached hydrogens (tertiary/aromatic N) is 1. The zero-order chi connectivity index (χ0) is 12.0. The van der Waals surface area contributed by atoms with Crippen LogP contribution in [0.15, 0.2) is 0 Å². The van der Waals surface area contributed by atoms with Crippen molar-refractivity contribution in [1.82, 2.24) is 4.90 Å². The number of nitrogens with two attached hydrogens (primary N) is 1. The van der Waals surface area contributed by atoms with Gasteiger partial charge in [0, 0.05) is 0 Å². The van der Waals surface area contributed by atoms with Crippen molar-refractivity contribution >= 4 is 17.2 Å². The Labute approximate surface area is 106 Å². The van der Waals surface area contributed by atoms with Gasteiger partial charge in [0.15, 0.2) is 0 Å². The summed E-state index contributed by atoms with van der Waals surface area (Å²) in [5.41, 5.74) is 6.09. The van der Waals surface area contributed by atoms with Gasteiger partial charge in [-0.05, 0) is 57.2 Å². The minimum Gasteiger partial charge on any atom is -0.393 e. The highest BCUT2D eigenvalue weighted by molar-refractivity contribution is 7.80. The van der Waals surface area contributed by atoms with E-state index in [9.17, 15) is 0 Å². The maximum atomic E-state index is 5.48. The third-order valence-electron chi connectivity index (χ3n) is 4.06. The molecule has 16 heavy (non-hydrogen) atoms. The molecule has 0 bridgehead atoms. The van der Waals surface area contributed by atoms with E-state index >= 15 is 0 Å². The standard InChI is InChI=1S/C13H26N2S/c1-3-13(2)7-10-15(11-8-13)9-5-4-6-12(14)16/h3-11H2,1-2H3,(H2,14,16). The predicted octanol–water partition coefficient (Wildman–Crippen LogP) is 2.95. The molecule has 1 heterocycles. The molecule has 2 nitrogen and oxygen atoms in total. The molecule has 0 aromatic carbocycles. The van der Waals surface area contributed by atoms with Crippen molar-refractivity contribution in [2.75, 3.05) is 19.6 Å². The summed E-state index contributed by atoms with van der Waals surface area (Å²) in [7, 11) is 0. The fraction of sp³-hybridized carbons (Fsp3) is 0.923. The van der Waals surface area contributed by atoms with Crippen LogP contribution in [-0.2, 0) is 0 Å². The van der Waals surface area contributed by atoms with Crippen LogP contribution in [0.3, 0.4) is 0 Å². The molecule has 0 spiro atoms. The Bertz CT molecular complexity index is 220. The van der Waals surface area contributed by atoms with Crippen LogP contribution < -0.4 is 5.73 Å². The average molecular weight is 242 g/mol. The molecule has 0 unspecified atom stereocenters.